The lowest BCUT2D eigenvalue weighted by atomic mass is 9.84. The minimum Gasteiger partial charge on any atom is -0.744 e. The van der Waals surface area contributed by atoms with Crippen molar-refractivity contribution in [1.82, 2.24) is 14.9 Å². The van der Waals surface area contributed by atoms with Crippen LogP contribution in [0.1, 0.15) is 6.42 Å². The SMILES string of the molecule is NC1=NC2[C@@H](CC(O)(O)NS(=O)(=O)O)[N+]([O-])=C(N)N3C=C(OS(=O)(=O)O)C(O)(O)C23N1. The predicted molar refractivity (Wildman–Crippen MR) is 94.1 cm³/mol. The van der Waals surface area contributed by atoms with Gasteiger partial charge in [0.25, 0.3) is 11.4 Å². The molecule has 0 radical (unpaired) electrons. The normalized spacial score (nSPS) is 30.3. The Bertz CT molecular complexity index is 1110. The van der Waals surface area contributed by atoms with Crippen molar-refractivity contribution >= 4 is 32.6 Å². The number of hydrogen-bond acceptors (Lipinski definition) is 15. The molecule has 0 aromatic carbocycles. The van der Waals surface area contributed by atoms with Crippen molar-refractivity contribution in [3.05, 3.63) is 17.2 Å². The Morgan fingerprint density at radius 2 is 1.90 bits per heavy atom. The zero-order chi connectivity index (χ0) is 23.8. The number of nitrogens with zero attached hydrogens (tertiary/aromatic N) is 3. The van der Waals surface area contributed by atoms with Crippen LogP contribution in [-0.4, -0.2) is 97.4 Å². The van der Waals surface area contributed by atoms with Crippen molar-refractivity contribution in [3.8, 4) is 0 Å². The number of hydrogen-bond donors (Lipinski definition) is 10. The van der Waals surface area contributed by atoms with E-state index in [4.69, 9.17) is 20.6 Å². The number of rotatable bonds is 6. The van der Waals surface area contributed by atoms with Crippen LogP contribution >= 0.6 is 0 Å². The molecule has 3 aliphatic rings. The molecule has 21 heteroatoms. The van der Waals surface area contributed by atoms with Gasteiger partial charge >= 0.3 is 26.7 Å². The molecule has 0 bridgehead atoms. The predicted octanol–water partition coefficient (Wildman–Crippen LogP) is -6.75. The van der Waals surface area contributed by atoms with Crippen LogP contribution in [0.2, 0.25) is 0 Å². The summed E-state index contributed by atoms with van der Waals surface area (Å²) < 4.78 is 66.7. The number of guanidine groups is 2. The number of hydroxylamine groups is 1. The number of nitrogens with two attached hydrogens (primary N) is 2. The van der Waals surface area contributed by atoms with Gasteiger partial charge in [0.15, 0.2) is 5.96 Å². The number of aliphatic hydroxyl groups is 4. The van der Waals surface area contributed by atoms with Gasteiger partial charge in [0.2, 0.25) is 11.7 Å². The molecule has 3 atom stereocenters. The summed E-state index contributed by atoms with van der Waals surface area (Å²) >= 11 is 0. The lowest BCUT2D eigenvalue weighted by Crippen LogP contribution is -2.79. The Labute approximate surface area is 172 Å². The van der Waals surface area contributed by atoms with E-state index in [1.807, 2.05) is 0 Å². The third-order valence-electron chi connectivity index (χ3n) is 4.65. The lowest BCUT2D eigenvalue weighted by molar-refractivity contribution is -0.533. The summed E-state index contributed by atoms with van der Waals surface area (Å²) in [6, 6.07) is -3.72. The molecule has 3 rings (SSSR count). The molecule has 3 aliphatic heterocycles. The van der Waals surface area contributed by atoms with Gasteiger partial charge in [-0.25, -0.2) is 9.89 Å². The number of nitrogens with one attached hydrogen (secondary N) is 2. The highest BCUT2D eigenvalue weighted by atomic mass is 32.3. The van der Waals surface area contributed by atoms with E-state index in [2.05, 4.69) is 14.5 Å². The second kappa shape index (κ2) is 6.50. The highest BCUT2D eigenvalue weighted by Gasteiger charge is 2.76. The molecule has 0 aromatic heterocycles. The van der Waals surface area contributed by atoms with Crippen LogP contribution in [0.4, 0.5) is 0 Å². The summed E-state index contributed by atoms with van der Waals surface area (Å²) in [5, 5.41) is 56.1. The molecular formula is C10H17N7O12S2. The Balaban J connectivity index is 2.12. The van der Waals surface area contributed by atoms with Gasteiger partial charge in [0, 0.05) is 0 Å². The van der Waals surface area contributed by atoms with Gasteiger partial charge in [-0.3, -0.25) is 19.6 Å². The van der Waals surface area contributed by atoms with Crippen LogP contribution in [0.5, 0.6) is 0 Å². The van der Waals surface area contributed by atoms with Crippen LogP contribution in [-0.2, 0) is 24.9 Å². The van der Waals surface area contributed by atoms with Crippen molar-refractivity contribution in [3.63, 3.8) is 0 Å². The molecule has 0 aliphatic carbocycles. The van der Waals surface area contributed by atoms with E-state index >= 15 is 0 Å². The van der Waals surface area contributed by atoms with Gasteiger partial charge < -0.3 is 40.9 Å². The van der Waals surface area contributed by atoms with Crippen molar-refractivity contribution in [2.45, 2.75) is 35.9 Å². The fourth-order valence-corrected chi connectivity index (χ4v) is 4.53. The molecule has 2 unspecified atom stereocenters. The lowest BCUT2D eigenvalue weighted by Gasteiger charge is -2.48. The number of aliphatic imine (C=N–C) groups is 1. The van der Waals surface area contributed by atoms with E-state index < -0.39 is 74.2 Å². The molecule has 0 fully saturated rings. The van der Waals surface area contributed by atoms with Gasteiger partial charge in [-0.2, -0.15) is 16.8 Å². The summed E-state index contributed by atoms with van der Waals surface area (Å²) in [6.07, 6.45) is -0.750. The van der Waals surface area contributed by atoms with E-state index in [0.29, 0.717) is 11.1 Å². The minimum atomic E-state index is -5.30. The monoisotopic (exact) mass is 491 g/mol. The van der Waals surface area contributed by atoms with Gasteiger partial charge in [0.1, 0.15) is 18.3 Å². The van der Waals surface area contributed by atoms with Crippen molar-refractivity contribution < 1.29 is 55.3 Å². The molecule has 12 N–H and O–H groups in total. The first-order valence-corrected chi connectivity index (χ1v) is 10.7. The van der Waals surface area contributed by atoms with Crippen molar-refractivity contribution in [2.75, 3.05) is 0 Å². The zero-order valence-electron chi connectivity index (χ0n) is 14.9. The van der Waals surface area contributed by atoms with E-state index in [1.165, 1.54) is 0 Å². The zero-order valence-corrected chi connectivity index (χ0v) is 16.5. The maximum absolute atomic E-state index is 12.7. The van der Waals surface area contributed by atoms with Gasteiger partial charge in [-0.05, 0) is 0 Å². The average molecular weight is 491 g/mol. The van der Waals surface area contributed by atoms with Crippen LogP contribution in [0, 0.1) is 5.21 Å². The third kappa shape index (κ3) is 3.70. The molecule has 31 heavy (non-hydrogen) atoms. The molecule has 176 valence electrons. The minimum absolute atomic E-state index is 0.136. The van der Waals surface area contributed by atoms with Crippen molar-refractivity contribution in [2.24, 2.45) is 16.5 Å². The van der Waals surface area contributed by atoms with E-state index in [9.17, 15) is 42.5 Å². The molecular weight excluding hydrogens is 474 g/mol. The molecule has 1 spiro atoms. The van der Waals surface area contributed by atoms with Crippen molar-refractivity contribution in [1.29, 1.82) is 0 Å². The van der Waals surface area contributed by atoms with Crippen LogP contribution in [0.3, 0.4) is 0 Å². The fourth-order valence-electron chi connectivity index (χ4n) is 3.65. The van der Waals surface area contributed by atoms with Crippen LogP contribution in [0.15, 0.2) is 17.0 Å². The topological polar surface area (TPSA) is 317 Å². The Kier molecular flexibility index (Phi) is 4.86. The standard InChI is InChI=1S/C10H17N7O12S2/c11-6-13-5-3(1-8(18,19)15-30(23,24)25)17(22)7(12)16-2-4(29-31(26,27)28)10(20,21)9(5,16)14-6/h2-3,5,15,18-21H,1,12H2,(H3,11,13,14)(H,23,24,25)(H,26,27,28)/t3-,5?,9?/m1/s1. The Hall–Kier alpha value is -2.50. The molecule has 3 heterocycles. The highest BCUT2D eigenvalue weighted by molar-refractivity contribution is 7.83. The Morgan fingerprint density at radius 3 is 2.42 bits per heavy atom. The summed E-state index contributed by atoms with van der Waals surface area (Å²) in [4.78, 5) is 4.33. The maximum Gasteiger partial charge on any atom is 0.446 e. The second-order valence-electron chi connectivity index (χ2n) is 6.75. The van der Waals surface area contributed by atoms with Gasteiger partial charge in [0.05, 0.1) is 6.42 Å². The maximum atomic E-state index is 12.7. The molecule has 0 saturated carbocycles. The largest absolute Gasteiger partial charge is 0.744 e. The van der Waals surface area contributed by atoms with E-state index in [0.717, 1.165) is 4.72 Å². The summed E-state index contributed by atoms with van der Waals surface area (Å²) in [5.74, 6) is -9.61. The first kappa shape index (κ1) is 23.2. The van der Waals surface area contributed by atoms with E-state index in [1.54, 1.807) is 0 Å². The smallest absolute Gasteiger partial charge is 0.446 e. The van der Waals surface area contributed by atoms with Crippen LogP contribution in [0.25, 0.3) is 0 Å². The van der Waals surface area contributed by atoms with E-state index in [-0.39, 0.29) is 4.74 Å². The molecule has 19 nitrogen and oxygen atoms in total. The molecule has 0 saturated heterocycles. The molecule has 0 amide bonds. The van der Waals surface area contributed by atoms with Gasteiger partial charge in [-0.15, -0.1) is 4.72 Å². The summed E-state index contributed by atoms with van der Waals surface area (Å²) in [5.41, 5.74) is 8.74. The Morgan fingerprint density at radius 1 is 1.32 bits per heavy atom. The third-order valence-corrected chi connectivity index (χ3v) is 5.62. The fraction of sp³-hybridized carbons (Fsp3) is 0.600. The van der Waals surface area contributed by atoms with Gasteiger partial charge in [-0.1, -0.05) is 0 Å². The second-order valence-corrected chi connectivity index (χ2v) is 8.92. The van der Waals surface area contributed by atoms with Crippen LogP contribution < -0.4 is 21.5 Å². The summed E-state index contributed by atoms with van der Waals surface area (Å²) in [7, 11) is -10.5. The summed E-state index contributed by atoms with van der Waals surface area (Å²) in [6.45, 7) is 0. The first-order valence-electron chi connectivity index (χ1n) is 7.85. The average Bonchev–Trinajstić information content (AvgIpc) is 2.98. The molecule has 0 aromatic rings. The first-order chi connectivity index (χ1) is 13.8. The highest BCUT2D eigenvalue weighted by Crippen LogP contribution is 2.47. The quantitative estimate of drug-likeness (QED) is 0.0714.